The molecule has 80 valence electrons. The summed E-state index contributed by atoms with van der Waals surface area (Å²) in [6.07, 6.45) is 0.676. The summed E-state index contributed by atoms with van der Waals surface area (Å²) in [7, 11) is 0. The van der Waals surface area contributed by atoms with Crippen LogP contribution in [0.25, 0.3) is 0 Å². The van der Waals surface area contributed by atoms with E-state index in [9.17, 15) is 9.59 Å². The van der Waals surface area contributed by atoms with Crippen molar-refractivity contribution in [3.05, 3.63) is 26.8 Å². The summed E-state index contributed by atoms with van der Waals surface area (Å²) >= 11 is 2.08. The van der Waals surface area contributed by atoms with Gasteiger partial charge in [0.2, 0.25) is 0 Å². The van der Waals surface area contributed by atoms with Gasteiger partial charge in [-0.15, -0.1) is 0 Å². The molecule has 0 aliphatic heterocycles. The summed E-state index contributed by atoms with van der Waals surface area (Å²) in [4.78, 5) is 22.2. The van der Waals surface area contributed by atoms with E-state index in [1.54, 1.807) is 12.1 Å². The Morgan fingerprint density at radius 3 is 2.67 bits per heavy atom. The molecule has 0 aliphatic rings. The summed E-state index contributed by atoms with van der Waals surface area (Å²) in [5.41, 5.74) is 0.755. The second-order valence-corrected chi connectivity index (χ2v) is 4.11. The summed E-state index contributed by atoms with van der Waals surface area (Å²) < 4.78 is 6.22. The van der Waals surface area contributed by atoms with Gasteiger partial charge in [-0.2, -0.15) is 0 Å². The first-order valence-electron chi connectivity index (χ1n) is 4.53. The molecule has 3 nitrogen and oxygen atoms in total. The van der Waals surface area contributed by atoms with Crippen molar-refractivity contribution in [3.63, 3.8) is 0 Å². The molecule has 0 radical (unpaired) electrons. The number of ketones is 1. The number of hydrogen-bond acceptors (Lipinski definition) is 3. The zero-order chi connectivity index (χ0) is 11.4. The Kier molecular flexibility index (Phi) is 4.26. The van der Waals surface area contributed by atoms with Crippen LogP contribution in [0.2, 0.25) is 0 Å². The molecule has 0 atom stereocenters. The molecule has 15 heavy (non-hydrogen) atoms. The SMILES string of the molecule is CCOc1c(I)ccc(C=O)c1C(C)=O. The second kappa shape index (κ2) is 5.25. The Morgan fingerprint density at radius 1 is 1.53 bits per heavy atom. The molecule has 0 spiro atoms. The van der Waals surface area contributed by atoms with E-state index in [1.807, 2.05) is 6.92 Å². The van der Waals surface area contributed by atoms with Crippen molar-refractivity contribution in [2.24, 2.45) is 0 Å². The lowest BCUT2D eigenvalue weighted by molar-refractivity contribution is 0.100. The average Bonchev–Trinajstić information content (AvgIpc) is 2.20. The highest BCUT2D eigenvalue weighted by molar-refractivity contribution is 14.1. The molecular formula is C11H11IO3. The van der Waals surface area contributed by atoms with Crippen LogP contribution < -0.4 is 4.74 Å². The van der Waals surface area contributed by atoms with Crippen LogP contribution in [-0.4, -0.2) is 18.7 Å². The topological polar surface area (TPSA) is 43.4 Å². The second-order valence-electron chi connectivity index (χ2n) is 2.95. The predicted octanol–water partition coefficient (Wildman–Crippen LogP) is 2.71. The van der Waals surface area contributed by atoms with Gasteiger partial charge in [0.05, 0.1) is 15.7 Å². The van der Waals surface area contributed by atoms with E-state index >= 15 is 0 Å². The van der Waals surface area contributed by atoms with Gasteiger partial charge in [0, 0.05) is 5.56 Å². The van der Waals surface area contributed by atoms with E-state index in [0.717, 1.165) is 3.57 Å². The maximum atomic E-state index is 11.4. The van der Waals surface area contributed by atoms with Crippen LogP contribution in [-0.2, 0) is 0 Å². The van der Waals surface area contributed by atoms with E-state index in [-0.39, 0.29) is 5.78 Å². The van der Waals surface area contributed by atoms with E-state index in [4.69, 9.17) is 4.74 Å². The van der Waals surface area contributed by atoms with Crippen molar-refractivity contribution in [1.29, 1.82) is 0 Å². The Balaban J connectivity index is 3.43. The first-order chi connectivity index (χ1) is 7.11. The highest BCUT2D eigenvalue weighted by atomic mass is 127. The maximum absolute atomic E-state index is 11.4. The minimum Gasteiger partial charge on any atom is -0.492 e. The number of ether oxygens (including phenoxy) is 1. The molecule has 0 heterocycles. The van der Waals surface area contributed by atoms with Crippen LogP contribution in [0.15, 0.2) is 12.1 Å². The van der Waals surface area contributed by atoms with Crippen LogP contribution in [0, 0.1) is 3.57 Å². The van der Waals surface area contributed by atoms with Crippen molar-refractivity contribution >= 4 is 34.7 Å². The maximum Gasteiger partial charge on any atom is 0.164 e. The predicted molar refractivity (Wildman–Crippen MR) is 65.7 cm³/mol. The monoisotopic (exact) mass is 318 g/mol. The van der Waals surface area contributed by atoms with Crippen molar-refractivity contribution in [2.45, 2.75) is 13.8 Å². The summed E-state index contributed by atoms with van der Waals surface area (Å²) in [5, 5.41) is 0. The first kappa shape index (κ1) is 12.2. The third-order valence-electron chi connectivity index (χ3n) is 1.91. The molecule has 0 N–H and O–H groups in total. The minimum atomic E-state index is -0.154. The molecule has 0 unspecified atom stereocenters. The summed E-state index contributed by atoms with van der Waals surface area (Å²) in [6.45, 7) is 3.74. The molecule has 0 saturated heterocycles. The lowest BCUT2D eigenvalue weighted by Gasteiger charge is -2.11. The van der Waals surface area contributed by atoms with Crippen molar-refractivity contribution in [3.8, 4) is 5.75 Å². The largest absolute Gasteiger partial charge is 0.492 e. The Hall–Kier alpha value is -0.910. The number of hydrogen-bond donors (Lipinski definition) is 0. The van der Waals surface area contributed by atoms with E-state index < -0.39 is 0 Å². The van der Waals surface area contributed by atoms with Gasteiger partial charge in [-0.1, -0.05) is 0 Å². The fourth-order valence-electron chi connectivity index (χ4n) is 1.32. The van der Waals surface area contributed by atoms with Gasteiger partial charge in [-0.3, -0.25) is 9.59 Å². The standard InChI is InChI=1S/C11H11IO3/c1-3-15-11-9(12)5-4-8(6-13)10(11)7(2)14/h4-6H,3H2,1-2H3. The average molecular weight is 318 g/mol. The molecule has 4 heteroatoms. The number of carbonyl (C=O) groups is 2. The number of benzene rings is 1. The lowest BCUT2D eigenvalue weighted by Crippen LogP contribution is -2.06. The van der Waals surface area contributed by atoms with Crippen molar-refractivity contribution in [1.82, 2.24) is 0 Å². The highest BCUT2D eigenvalue weighted by Crippen LogP contribution is 2.28. The van der Waals surface area contributed by atoms with Crippen molar-refractivity contribution < 1.29 is 14.3 Å². The van der Waals surface area contributed by atoms with E-state index in [2.05, 4.69) is 22.6 Å². The van der Waals surface area contributed by atoms with Crippen LogP contribution in [0.1, 0.15) is 34.6 Å². The van der Waals surface area contributed by atoms with Gasteiger partial charge < -0.3 is 4.74 Å². The molecule has 0 bridgehead atoms. The van der Waals surface area contributed by atoms with Gasteiger partial charge in [0.1, 0.15) is 5.75 Å². The van der Waals surface area contributed by atoms with Crippen LogP contribution >= 0.6 is 22.6 Å². The molecule has 0 fully saturated rings. The van der Waals surface area contributed by atoms with Crippen LogP contribution in [0.3, 0.4) is 0 Å². The molecule has 0 aliphatic carbocycles. The van der Waals surface area contributed by atoms with E-state index in [0.29, 0.717) is 29.8 Å². The summed E-state index contributed by atoms with van der Waals surface area (Å²) in [6, 6.07) is 3.40. The normalized spacial score (nSPS) is 9.80. The third-order valence-corrected chi connectivity index (χ3v) is 2.76. The van der Waals surface area contributed by atoms with Gasteiger partial charge >= 0.3 is 0 Å². The number of carbonyl (C=O) groups excluding carboxylic acids is 2. The molecule has 1 aromatic carbocycles. The number of Topliss-reactive ketones (excluding diaryl/α,β-unsaturated/α-hetero) is 1. The molecule has 0 aromatic heterocycles. The summed E-state index contributed by atoms with van der Waals surface area (Å²) in [5.74, 6) is 0.356. The zero-order valence-corrected chi connectivity index (χ0v) is 10.7. The molecule has 1 rings (SSSR count). The van der Waals surface area contributed by atoms with Gasteiger partial charge in [0.15, 0.2) is 12.1 Å². The quantitative estimate of drug-likeness (QED) is 0.487. The molecule has 1 aromatic rings. The van der Waals surface area contributed by atoms with Crippen LogP contribution in [0.4, 0.5) is 0 Å². The number of halogens is 1. The Labute approximate surface area is 102 Å². The molecule has 0 amide bonds. The number of aldehydes is 1. The fraction of sp³-hybridized carbons (Fsp3) is 0.273. The first-order valence-corrected chi connectivity index (χ1v) is 5.61. The minimum absolute atomic E-state index is 0.154. The van der Waals surface area contributed by atoms with Gasteiger partial charge in [-0.05, 0) is 48.6 Å². The number of rotatable bonds is 4. The smallest absolute Gasteiger partial charge is 0.164 e. The lowest BCUT2D eigenvalue weighted by atomic mass is 10.0. The molecule has 0 saturated carbocycles. The highest BCUT2D eigenvalue weighted by Gasteiger charge is 2.16. The van der Waals surface area contributed by atoms with Gasteiger partial charge in [-0.25, -0.2) is 0 Å². The fourth-order valence-corrected chi connectivity index (χ4v) is 1.92. The molecular weight excluding hydrogens is 307 g/mol. The van der Waals surface area contributed by atoms with Crippen LogP contribution in [0.5, 0.6) is 5.75 Å². The third kappa shape index (κ3) is 2.56. The Morgan fingerprint density at radius 2 is 2.20 bits per heavy atom. The Bertz CT molecular complexity index is 399. The van der Waals surface area contributed by atoms with Crippen molar-refractivity contribution in [2.75, 3.05) is 6.61 Å². The van der Waals surface area contributed by atoms with Gasteiger partial charge in [0.25, 0.3) is 0 Å². The zero-order valence-electron chi connectivity index (χ0n) is 8.54. The van der Waals surface area contributed by atoms with E-state index in [1.165, 1.54) is 6.92 Å².